The molecule has 0 spiro atoms. The molecule has 2 N–H and O–H groups in total. The van der Waals surface area contributed by atoms with E-state index in [1.165, 1.54) is 24.0 Å². The van der Waals surface area contributed by atoms with E-state index in [1.807, 2.05) is 42.7 Å². The monoisotopic (exact) mass is 456 g/mol. The maximum atomic E-state index is 12.5. The first-order valence-corrected chi connectivity index (χ1v) is 12.6. The molecular formula is C26H40N4OS. The number of thiol groups is 1. The lowest BCUT2D eigenvalue weighted by molar-refractivity contribution is 0.0955. The predicted molar refractivity (Wildman–Crippen MR) is 139 cm³/mol. The molecule has 1 fully saturated rings. The van der Waals surface area contributed by atoms with E-state index in [4.69, 9.17) is 12.6 Å². The Balaban J connectivity index is 0.00000141. The molecule has 2 heterocycles. The second-order valence-electron chi connectivity index (χ2n) is 9.14. The Morgan fingerprint density at radius 2 is 1.88 bits per heavy atom. The lowest BCUT2D eigenvalue weighted by atomic mass is 9.95. The van der Waals surface area contributed by atoms with Crippen molar-refractivity contribution in [1.29, 1.82) is 0 Å². The Kier molecular flexibility index (Phi) is 8.48. The minimum absolute atomic E-state index is 0.0000699. The standard InChI is InChI=1S/C24H34N4OS.C2H6/c1-17-8-10-19(11-9-17)16-18(2)26-24(3,30)27-14-12-20(13-15-27)28-22-7-5-4-6-21(22)25-23(28)29;1-2/h4-8,10,18,20,26,30H,9,11-16H2,1-3H3,(H,25,29);1-2H3. The minimum Gasteiger partial charge on any atom is -0.306 e. The number of allylic oxidation sites excluding steroid dienone is 3. The van der Waals surface area contributed by atoms with E-state index in [1.54, 1.807) is 0 Å². The number of fused-ring (bicyclic) bond motifs is 1. The number of nitrogens with zero attached hydrogens (tertiary/aromatic N) is 2. The van der Waals surface area contributed by atoms with Crippen molar-refractivity contribution in [3.05, 3.63) is 58.0 Å². The van der Waals surface area contributed by atoms with Gasteiger partial charge in [0.2, 0.25) is 0 Å². The zero-order valence-electron chi connectivity index (χ0n) is 20.3. The summed E-state index contributed by atoms with van der Waals surface area (Å²) in [5.74, 6) is 0. The predicted octanol–water partition coefficient (Wildman–Crippen LogP) is 5.63. The highest BCUT2D eigenvalue weighted by atomic mass is 32.1. The summed E-state index contributed by atoms with van der Waals surface area (Å²) < 4.78 is 1.95. The fourth-order valence-electron chi connectivity index (χ4n) is 4.95. The molecule has 5 nitrogen and oxygen atoms in total. The van der Waals surface area contributed by atoms with Gasteiger partial charge in [-0.1, -0.05) is 49.3 Å². The van der Waals surface area contributed by atoms with Crippen LogP contribution in [0.3, 0.4) is 0 Å². The van der Waals surface area contributed by atoms with Crippen LogP contribution in [0.4, 0.5) is 0 Å². The summed E-state index contributed by atoms with van der Waals surface area (Å²) in [6.45, 7) is 12.4. The van der Waals surface area contributed by atoms with Gasteiger partial charge in [-0.3, -0.25) is 14.8 Å². The number of nitrogens with one attached hydrogen (secondary N) is 2. The number of aromatic amines is 1. The maximum absolute atomic E-state index is 12.5. The van der Waals surface area contributed by atoms with Crippen LogP contribution in [0.2, 0.25) is 0 Å². The number of aromatic nitrogens is 2. The van der Waals surface area contributed by atoms with Crippen LogP contribution in [-0.4, -0.2) is 38.6 Å². The van der Waals surface area contributed by atoms with E-state index < -0.39 is 0 Å². The SMILES string of the molecule is CC.CC1=CC=C(CC(C)NC(C)(S)N2CCC(n3c(=O)[nH]c4ccccc43)CC2)CC1. The quantitative estimate of drug-likeness (QED) is 0.390. The average Bonchev–Trinajstić information content (AvgIpc) is 3.12. The van der Waals surface area contributed by atoms with Crippen LogP contribution in [0.1, 0.15) is 72.8 Å². The summed E-state index contributed by atoms with van der Waals surface area (Å²) in [5, 5.41) is 3.73. The van der Waals surface area contributed by atoms with Crippen molar-refractivity contribution >= 4 is 23.7 Å². The van der Waals surface area contributed by atoms with Crippen LogP contribution in [0.25, 0.3) is 11.0 Å². The highest BCUT2D eigenvalue weighted by Gasteiger charge is 2.33. The molecule has 6 heteroatoms. The van der Waals surface area contributed by atoms with Crippen molar-refractivity contribution < 1.29 is 0 Å². The molecule has 1 aliphatic heterocycles. The van der Waals surface area contributed by atoms with Crippen LogP contribution in [-0.2, 0) is 0 Å². The molecule has 0 radical (unpaired) electrons. The molecule has 1 aliphatic carbocycles. The number of likely N-dealkylation sites (tertiary alicyclic amines) is 1. The van der Waals surface area contributed by atoms with Gasteiger partial charge in [0, 0.05) is 25.2 Å². The molecule has 2 atom stereocenters. The van der Waals surface area contributed by atoms with E-state index in [2.05, 4.69) is 48.1 Å². The third kappa shape index (κ3) is 5.77. The van der Waals surface area contributed by atoms with Crippen molar-refractivity contribution in [2.75, 3.05) is 13.1 Å². The first-order chi connectivity index (χ1) is 15.3. The molecule has 1 aromatic carbocycles. The van der Waals surface area contributed by atoms with E-state index in [9.17, 15) is 4.79 Å². The molecule has 176 valence electrons. The Hall–Kier alpha value is -1.76. The Labute approximate surface area is 198 Å². The molecule has 0 amide bonds. The van der Waals surface area contributed by atoms with E-state index in [-0.39, 0.29) is 16.7 Å². The molecular weight excluding hydrogens is 416 g/mol. The normalized spacial score (nSPS) is 20.7. The van der Waals surface area contributed by atoms with Gasteiger partial charge in [0.15, 0.2) is 0 Å². The number of imidazole rings is 1. The number of H-pyrrole nitrogens is 1. The summed E-state index contributed by atoms with van der Waals surface area (Å²) in [5.41, 5.74) is 4.91. The maximum Gasteiger partial charge on any atom is 0.326 e. The molecule has 0 bridgehead atoms. The van der Waals surface area contributed by atoms with Crippen LogP contribution < -0.4 is 11.0 Å². The highest BCUT2D eigenvalue weighted by molar-refractivity contribution is 7.81. The second-order valence-corrected chi connectivity index (χ2v) is 10.0. The van der Waals surface area contributed by atoms with Crippen molar-refractivity contribution in [3.63, 3.8) is 0 Å². The molecule has 0 saturated carbocycles. The summed E-state index contributed by atoms with van der Waals surface area (Å²) in [6, 6.07) is 8.55. The van der Waals surface area contributed by atoms with Gasteiger partial charge in [0.25, 0.3) is 0 Å². The molecule has 1 saturated heterocycles. The summed E-state index contributed by atoms with van der Waals surface area (Å²) in [4.78, 5) is 17.6. The number of para-hydroxylation sites is 2. The third-order valence-electron chi connectivity index (χ3n) is 6.60. The molecule has 1 aromatic heterocycles. The second kappa shape index (κ2) is 10.9. The number of piperidine rings is 1. The van der Waals surface area contributed by atoms with Gasteiger partial charge in [0.1, 0.15) is 4.99 Å². The van der Waals surface area contributed by atoms with Gasteiger partial charge in [-0.05, 0) is 65.0 Å². The van der Waals surface area contributed by atoms with E-state index in [0.717, 1.165) is 43.4 Å². The van der Waals surface area contributed by atoms with E-state index in [0.29, 0.717) is 6.04 Å². The van der Waals surface area contributed by atoms with Gasteiger partial charge < -0.3 is 4.98 Å². The first kappa shape index (κ1) is 24.9. The summed E-state index contributed by atoms with van der Waals surface area (Å²) >= 11 is 4.99. The fourth-order valence-corrected chi connectivity index (χ4v) is 5.37. The Bertz CT molecular complexity index is 1010. The van der Waals surface area contributed by atoms with Gasteiger partial charge in [0.05, 0.1) is 11.0 Å². The molecule has 2 aliphatic rings. The van der Waals surface area contributed by atoms with Crippen molar-refractivity contribution in [2.24, 2.45) is 0 Å². The van der Waals surface area contributed by atoms with E-state index >= 15 is 0 Å². The van der Waals surface area contributed by atoms with Gasteiger partial charge >= 0.3 is 5.69 Å². The molecule has 4 rings (SSSR count). The van der Waals surface area contributed by atoms with Crippen molar-refractivity contribution in [3.8, 4) is 0 Å². The summed E-state index contributed by atoms with van der Waals surface area (Å²) in [7, 11) is 0. The molecule has 2 unspecified atom stereocenters. The van der Waals surface area contributed by atoms with Crippen LogP contribution >= 0.6 is 12.6 Å². The lowest BCUT2D eigenvalue weighted by Gasteiger charge is -2.44. The summed E-state index contributed by atoms with van der Waals surface area (Å²) in [6.07, 6.45) is 9.84. The van der Waals surface area contributed by atoms with Crippen LogP contribution in [0.5, 0.6) is 0 Å². The fraction of sp³-hybridized carbons (Fsp3) is 0.577. The average molecular weight is 457 g/mol. The number of hydrogen-bond donors (Lipinski definition) is 3. The Morgan fingerprint density at radius 1 is 1.19 bits per heavy atom. The zero-order valence-corrected chi connectivity index (χ0v) is 21.2. The first-order valence-electron chi connectivity index (χ1n) is 12.1. The molecule has 32 heavy (non-hydrogen) atoms. The van der Waals surface area contributed by atoms with Gasteiger partial charge in [-0.15, -0.1) is 12.6 Å². The van der Waals surface area contributed by atoms with Crippen molar-refractivity contribution in [2.45, 2.75) is 83.8 Å². The van der Waals surface area contributed by atoms with Crippen LogP contribution in [0, 0.1) is 0 Å². The largest absolute Gasteiger partial charge is 0.326 e. The number of rotatable bonds is 6. The number of benzene rings is 1. The highest BCUT2D eigenvalue weighted by Crippen LogP contribution is 2.30. The van der Waals surface area contributed by atoms with Gasteiger partial charge in [-0.2, -0.15) is 0 Å². The Morgan fingerprint density at radius 3 is 2.53 bits per heavy atom. The van der Waals surface area contributed by atoms with Gasteiger partial charge in [-0.25, -0.2) is 4.79 Å². The smallest absolute Gasteiger partial charge is 0.306 e. The molecule has 2 aromatic rings. The number of hydrogen-bond acceptors (Lipinski definition) is 4. The zero-order chi connectivity index (χ0) is 23.3. The van der Waals surface area contributed by atoms with Crippen molar-refractivity contribution in [1.82, 2.24) is 19.8 Å². The third-order valence-corrected chi connectivity index (χ3v) is 7.01. The van der Waals surface area contributed by atoms with Crippen LogP contribution in [0.15, 0.2) is 52.4 Å². The minimum atomic E-state index is -0.365. The lowest BCUT2D eigenvalue weighted by Crippen LogP contribution is -2.57. The topological polar surface area (TPSA) is 53.1 Å².